The van der Waals surface area contributed by atoms with Crippen LogP contribution in [0.1, 0.15) is 16.1 Å². The van der Waals surface area contributed by atoms with Gasteiger partial charge in [0, 0.05) is 19.7 Å². The van der Waals surface area contributed by atoms with Crippen LogP contribution < -0.4 is 10.3 Å². The van der Waals surface area contributed by atoms with Crippen LogP contribution in [0.3, 0.4) is 0 Å². The van der Waals surface area contributed by atoms with E-state index in [1.54, 1.807) is 13.1 Å². The molecule has 0 atom stereocenters. The van der Waals surface area contributed by atoms with Crippen molar-refractivity contribution < 1.29 is 9.53 Å². The van der Waals surface area contributed by atoms with E-state index in [4.69, 9.17) is 4.74 Å². The Morgan fingerprint density at radius 3 is 2.64 bits per heavy atom. The van der Waals surface area contributed by atoms with Gasteiger partial charge in [0.25, 0.3) is 11.5 Å². The summed E-state index contributed by atoms with van der Waals surface area (Å²) < 4.78 is 5.40. The van der Waals surface area contributed by atoms with Gasteiger partial charge in [-0.2, -0.15) is 5.10 Å². The molecule has 1 aromatic carbocycles. The minimum Gasteiger partial charge on any atom is -0.490 e. The average molecular weight is 299 g/mol. The van der Waals surface area contributed by atoms with Crippen LogP contribution in [0, 0.1) is 0 Å². The topological polar surface area (TPSA) is 75.3 Å². The number of hydrogen-bond donors (Lipinski definition) is 1. The molecule has 0 unspecified atom stereocenters. The molecule has 114 valence electrons. The molecule has 0 spiro atoms. The summed E-state index contributed by atoms with van der Waals surface area (Å²) in [6.07, 6.45) is 1.68. The first-order valence-electron chi connectivity index (χ1n) is 6.74. The molecular formula is C16H17N3O3. The van der Waals surface area contributed by atoms with E-state index in [1.165, 1.54) is 17.0 Å². The van der Waals surface area contributed by atoms with E-state index in [0.717, 1.165) is 11.3 Å². The molecule has 2 aromatic rings. The van der Waals surface area contributed by atoms with Gasteiger partial charge in [-0.1, -0.05) is 24.8 Å². The number of H-pyrrole nitrogens is 1. The quantitative estimate of drug-likeness (QED) is 0.822. The number of rotatable bonds is 6. The van der Waals surface area contributed by atoms with E-state index in [1.807, 2.05) is 24.3 Å². The molecule has 1 heterocycles. The maximum absolute atomic E-state index is 12.2. The van der Waals surface area contributed by atoms with E-state index in [2.05, 4.69) is 16.8 Å². The maximum Gasteiger partial charge on any atom is 0.274 e. The molecule has 1 aromatic heterocycles. The third-order valence-corrected chi connectivity index (χ3v) is 2.96. The minimum absolute atomic E-state index is 0.202. The van der Waals surface area contributed by atoms with Crippen LogP contribution >= 0.6 is 0 Å². The van der Waals surface area contributed by atoms with E-state index in [9.17, 15) is 9.59 Å². The number of hydrogen-bond acceptors (Lipinski definition) is 4. The highest BCUT2D eigenvalue weighted by molar-refractivity contribution is 5.91. The van der Waals surface area contributed by atoms with Crippen LogP contribution in [0.5, 0.6) is 5.75 Å². The minimum atomic E-state index is -0.339. The molecule has 22 heavy (non-hydrogen) atoms. The molecule has 0 fully saturated rings. The fourth-order valence-corrected chi connectivity index (χ4v) is 1.85. The molecule has 0 saturated heterocycles. The number of amides is 1. The first kappa shape index (κ1) is 15.5. The summed E-state index contributed by atoms with van der Waals surface area (Å²) in [5.74, 6) is 0.489. The Kier molecular flexibility index (Phi) is 5.08. The normalized spacial score (nSPS) is 10.0. The van der Waals surface area contributed by atoms with Crippen LogP contribution in [0.4, 0.5) is 0 Å². The fourth-order valence-electron chi connectivity index (χ4n) is 1.85. The molecule has 6 heteroatoms. The Morgan fingerprint density at radius 2 is 2.05 bits per heavy atom. The third-order valence-electron chi connectivity index (χ3n) is 2.96. The van der Waals surface area contributed by atoms with Gasteiger partial charge in [0.15, 0.2) is 0 Å². The highest BCUT2D eigenvalue weighted by Gasteiger charge is 2.13. The first-order valence-corrected chi connectivity index (χ1v) is 6.74. The highest BCUT2D eigenvalue weighted by Crippen LogP contribution is 2.14. The standard InChI is InChI=1S/C16H17N3O3/c1-3-10-22-13-6-4-12(5-7-13)11-19(2)16(21)14-8-9-15(20)18-17-14/h3-9H,1,10-11H2,2H3,(H,18,20). The predicted octanol–water partition coefficient (Wildman–Crippen LogP) is 1.61. The number of nitrogens with one attached hydrogen (secondary N) is 1. The van der Waals surface area contributed by atoms with Crippen molar-refractivity contribution in [1.29, 1.82) is 0 Å². The molecule has 0 aliphatic rings. The van der Waals surface area contributed by atoms with Crippen molar-refractivity contribution in [1.82, 2.24) is 15.1 Å². The van der Waals surface area contributed by atoms with Crippen LogP contribution in [0.25, 0.3) is 0 Å². The third kappa shape index (κ3) is 4.05. The lowest BCUT2D eigenvalue weighted by Gasteiger charge is -2.16. The summed E-state index contributed by atoms with van der Waals surface area (Å²) in [7, 11) is 1.68. The van der Waals surface area contributed by atoms with Crippen LogP contribution in [0.2, 0.25) is 0 Å². The second-order valence-electron chi connectivity index (χ2n) is 4.71. The number of aromatic amines is 1. The first-order chi connectivity index (χ1) is 10.6. The highest BCUT2D eigenvalue weighted by atomic mass is 16.5. The molecule has 0 aliphatic carbocycles. The lowest BCUT2D eigenvalue weighted by atomic mass is 10.2. The van der Waals surface area contributed by atoms with Crippen molar-refractivity contribution in [2.45, 2.75) is 6.54 Å². The van der Waals surface area contributed by atoms with Gasteiger partial charge in [0.05, 0.1) is 0 Å². The van der Waals surface area contributed by atoms with Gasteiger partial charge in [-0.3, -0.25) is 9.59 Å². The van der Waals surface area contributed by atoms with Crippen molar-refractivity contribution in [3.63, 3.8) is 0 Å². The molecule has 2 rings (SSSR count). The molecule has 0 saturated carbocycles. The number of ether oxygens (including phenoxy) is 1. The summed E-state index contributed by atoms with van der Waals surface area (Å²) in [6.45, 7) is 4.48. The average Bonchev–Trinajstić information content (AvgIpc) is 2.54. The van der Waals surface area contributed by atoms with Gasteiger partial charge in [-0.15, -0.1) is 0 Å². The SMILES string of the molecule is C=CCOc1ccc(CN(C)C(=O)c2ccc(=O)[nH]n2)cc1. The van der Waals surface area contributed by atoms with E-state index < -0.39 is 0 Å². The van der Waals surface area contributed by atoms with Crippen LogP contribution in [0.15, 0.2) is 53.8 Å². The molecular weight excluding hydrogens is 282 g/mol. The Hall–Kier alpha value is -2.89. The summed E-state index contributed by atoms with van der Waals surface area (Å²) in [4.78, 5) is 24.7. The van der Waals surface area contributed by atoms with Gasteiger partial charge in [0.1, 0.15) is 18.1 Å². The number of aromatic nitrogens is 2. The van der Waals surface area contributed by atoms with Crippen molar-refractivity contribution in [2.24, 2.45) is 0 Å². The van der Waals surface area contributed by atoms with Crippen LogP contribution in [-0.4, -0.2) is 34.7 Å². The molecule has 0 aliphatic heterocycles. The van der Waals surface area contributed by atoms with Gasteiger partial charge < -0.3 is 9.64 Å². The lowest BCUT2D eigenvalue weighted by molar-refractivity contribution is 0.0778. The zero-order valence-electron chi connectivity index (χ0n) is 12.3. The van der Waals surface area contributed by atoms with E-state index in [-0.39, 0.29) is 17.2 Å². The smallest absolute Gasteiger partial charge is 0.274 e. The van der Waals surface area contributed by atoms with Gasteiger partial charge >= 0.3 is 0 Å². The zero-order chi connectivity index (χ0) is 15.9. The van der Waals surface area contributed by atoms with Gasteiger partial charge in [-0.05, 0) is 23.8 Å². The van der Waals surface area contributed by atoms with Gasteiger partial charge in [0.2, 0.25) is 0 Å². The number of carbonyl (C=O) groups is 1. The summed E-state index contributed by atoms with van der Waals surface area (Å²) in [6, 6.07) is 10.2. The fraction of sp³-hybridized carbons (Fsp3) is 0.188. The number of carbonyl (C=O) groups excluding carboxylic acids is 1. The van der Waals surface area contributed by atoms with Crippen molar-refractivity contribution in [2.75, 3.05) is 13.7 Å². The maximum atomic E-state index is 12.2. The van der Waals surface area contributed by atoms with Crippen molar-refractivity contribution in [3.8, 4) is 5.75 Å². The number of nitrogens with zero attached hydrogens (tertiary/aromatic N) is 2. The summed E-state index contributed by atoms with van der Waals surface area (Å²) >= 11 is 0. The second kappa shape index (κ2) is 7.21. The van der Waals surface area contributed by atoms with E-state index >= 15 is 0 Å². The number of benzene rings is 1. The molecule has 6 nitrogen and oxygen atoms in total. The summed E-state index contributed by atoms with van der Waals surface area (Å²) in [5.41, 5.74) is 0.827. The Morgan fingerprint density at radius 1 is 1.32 bits per heavy atom. The zero-order valence-corrected chi connectivity index (χ0v) is 12.3. The predicted molar refractivity (Wildman–Crippen MR) is 82.8 cm³/mol. The molecule has 0 bridgehead atoms. The largest absolute Gasteiger partial charge is 0.490 e. The molecule has 0 radical (unpaired) electrons. The van der Waals surface area contributed by atoms with Crippen molar-refractivity contribution in [3.05, 3.63) is 70.7 Å². The Labute approximate surface area is 128 Å². The van der Waals surface area contributed by atoms with E-state index in [0.29, 0.717) is 13.2 Å². The van der Waals surface area contributed by atoms with Crippen molar-refractivity contribution >= 4 is 5.91 Å². The lowest BCUT2D eigenvalue weighted by Crippen LogP contribution is -2.28. The Balaban J connectivity index is 2.00. The van der Waals surface area contributed by atoms with Gasteiger partial charge in [-0.25, -0.2) is 5.10 Å². The molecule has 1 N–H and O–H groups in total. The van der Waals surface area contributed by atoms with Crippen LogP contribution in [-0.2, 0) is 6.54 Å². The molecule has 1 amide bonds. The second-order valence-corrected chi connectivity index (χ2v) is 4.71. The monoisotopic (exact) mass is 299 g/mol. The summed E-state index contributed by atoms with van der Waals surface area (Å²) in [5, 5.41) is 5.98. The Bertz CT molecular complexity index is 687.